The van der Waals surface area contributed by atoms with E-state index in [-0.39, 0.29) is 0 Å². The summed E-state index contributed by atoms with van der Waals surface area (Å²) in [6, 6.07) is 6.48. The van der Waals surface area contributed by atoms with Crippen LogP contribution in [0.5, 0.6) is 0 Å². The molecule has 1 aromatic rings. The molecule has 2 N–H and O–H groups in total. The van der Waals surface area contributed by atoms with Crippen molar-refractivity contribution in [3.8, 4) is 0 Å². The van der Waals surface area contributed by atoms with Crippen molar-refractivity contribution < 1.29 is 5.11 Å². The number of hydrogen-bond acceptors (Lipinski definition) is 2. The van der Waals surface area contributed by atoms with Gasteiger partial charge < -0.3 is 10.4 Å². The van der Waals surface area contributed by atoms with Crippen molar-refractivity contribution >= 4 is 5.69 Å². The minimum atomic E-state index is -0.622. The van der Waals surface area contributed by atoms with Crippen molar-refractivity contribution in [2.45, 2.75) is 38.7 Å². The van der Waals surface area contributed by atoms with Gasteiger partial charge in [-0.25, -0.2) is 0 Å². The molecule has 2 heteroatoms. The van der Waals surface area contributed by atoms with Gasteiger partial charge in [-0.05, 0) is 43.9 Å². The van der Waals surface area contributed by atoms with Crippen LogP contribution in [0.3, 0.4) is 0 Å². The van der Waals surface area contributed by atoms with E-state index < -0.39 is 5.60 Å². The first-order chi connectivity index (χ1) is 7.04. The molecule has 82 valence electrons. The molecule has 0 atom stereocenters. The van der Waals surface area contributed by atoms with E-state index in [1.807, 2.05) is 13.8 Å². The van der Waals surface area contributed by atoms with Gasteiger partial charge in [-0.15, -0.1) is 0 Å². The number of fused-ring (bicyclic) bond motifs is 1. The Morgan fingerprint density at radius 1 is 1.40 bits per heavy atom. The summed E-state index contributed by atoms with van der Waals surface area (Å²) in [5.74, 6) is 0. The predicted molar refractivity (Wildman–Crippen MR) is 63.3 cm³/mol. The van der Waals surface area contributed by atoms with Crippen molar-refractivity contribution in [3.63, 3.8) is 0 Å². The third-order valence-electron chi connectivity index (χ3n) is 2.75. The van der Waals surface area contributed by atoms with Crippen LogP contribution in [0.25, 0.3) is 0 Å². The number of nitrogens with one attached hydrogen (secondary N) is 1. The number of rotatable bonds is 2. The summed E-state index contributed by atoms with van der Waals surface area (Å²) in [5, 5.41) is 13.2. The molecule has 0 aromatic heterocycles. The van der Waals surface area contributed by atoms with Gasteiger partial charge in [-0.1, -0.05) is 12.1 Å². The second-order valence-electron chi connectivity index (χ2n) is 5.01. The Balaban J connectivity index is 2.21. The lowest BCUT2D eigenvalue weighted by atomic mass is 9.95. The first-order valence-electron chi connectivity index (χ1n) is 5.63. The first kappa shape index (κ1) is 10.5. The summed E-state index contributed by atoms with van der Waals surface area (Å²) in [5.41, 5.74) is 3.24. The highest BCUT2D eigenvalue weighted by atomic mass is 16.3. The van der Waals surface area contributed by atoms with Gasteiger partial charge >= 0.3 is 0 Å². The molecule has 1 heterocycles. The summed E-state index contributed by atoms with van der Waals surface area (Å²) < 4.78 is 0. The van der Waals surface area contributed by atoms with E-state index in [0.29, 0.717) is 6.42 Å². The molecule has 0 saturated heterocycles. The maximum absolute atomic E-state index is 9.75. The highest BCUT2D eigenvalue weighted by molar-refractivity contribution is 5.55. The zero-order valence-electron chi connectivity index (χ0n) is 9.51. The van der Waals surface area contributed by atoms with E-state index in [0.717, 1.165) is 6.54 Å². The van der Waals surface area contributed by atoms with Gasteiger partial charge in [0.2, 0.25) is 0 Å². The molecule has 2 rings (SSSR count). The molecule has 0 aliphatic carbocycles. The van der Waals surface area contributed by atoms with Gasteiger partial charge in [-0.2, -0.15) is 0 Å². The minimum absolute atomic E-state index is 0.622. The number of anilines is 1. The zero-order chi connectivity index (χ0) is 10.9. The summed E-state index contributed by atoms with van der Waals surface area (Å²) in [4.78, 5) is 0. The van der Waals surface area contributed by atoms with Crippen LogP contribution in [-0.2, 0) is 12.8 Å². The molecule has 0 amide bonds. The Bertz CT molecular complexity index is 352. The molecule has 1 aliphatic rings. The highest BCUT2D eigenvalue weighted by Crippen LogP contribution is 2.24. The van der Waals surface area contributed by atoms with Crippen LogP contribution in [-0.4, -0.2) is 17.3 Å². The lowest BCUT2D eigenvalue weighted by Crippen LogP contribution is -2.22. The SMILES string of the molecule is CC(C)(O)Cc1ccc2c(c1)NCCC2. The van der Waals surface area contributed by atoms with E-state index in [2.05, 4.69) is 23.5 Å². The van der Waals surface area contributed by atoms with Crippen LogP contribution >= 0.6 is 0 Å². The molecule has 1 aromatic carbocycles. The first-order valence-corrected chi connectivity index (χ1v) is 5.63. The standard InChI is InChI=1S/C13H19NO/c1-13(2,15)9-10-5-6-11-4-3-7-14-12(11)8-10/h5-6,8,14-15H,3-4,7,9H2,1-2H3. The highest BCUT2D eigenvalue weighted by Gasteiger charge is 2.15. The maximum Gasteiger partial charge on any atom is 0.0631 e. The lowest BCUT2D eigenvalue weighted by molar-refractivity contribution is 0.0810. The van der Waals surface area contributed by atoms with Crippen molar-refractivity contribution in [3.05, 3.63) is 29.3 Å². The molecular weight excluding hydrogens is 186 g/mol. The number of benzene rings is 1. The molecule has 0 saturated carbocycles. The van der Waals surface area contributed by atoms with Gasteiger partial charge in [0.15, 0.2) is 0 Å². The fourth-order valence-corrected chi connectivity index (χ4v) is 2.12. The van der Waals surface area contributed by atoms with Crippen LogP contribution in [0, 0.1) is 0 Å². The van der Waals surface area contributed by atoms with E-state index in [1.165, 1.54) is 29.7 Å². The van der Waals surface area contributed by atoms with Crippen molar-refractivity contribution in [2.24, 2.45) is 0 Å². The monoisotopic (exact) mass is 205 g/mol. The largest absolute Gasteiger partial charge is 0.390 e. The molecule has 0 bridgehead atoms. The molecule has 0 radical (unpaired) electrons. The van der Waals surface area contributed by atoms with Gasteiger partial charge in [0.05, 0.1) is 5.60 Å². The fourth-order valence-electron chi connectivity index (χ4n) is 2.12. The second kappa shape index (κ2) is 3.86. The second-order valence-corrected chi connectivity index (χ2v) is 5.01. The number of hydrogen-bond donors (Lipinski definition) is 2. The van der Waals surface area contributed by atoms with E-state index in [9.17, 15) is 5.11 Å². The number of aryl methyl sites for hydroxylation is 1. The Morgan fingerprint density at radius 2 is 2.20 bits per heavy atom. The number of aliphatic hydroxyl groups is 1. The van der Waals surface area contributed by atoms with Gasteiger partial charge in [0.25, 0.3) is 0 Å². The Labute approximate surface area is 91.3 Å². The Kier molecular flexibility index (Phi) is 2.70. The van der Waals surface area contributed by atoms with Gasteiger partial charge in [0.1, 0.15) is 0 Å². The van der Waals surface area contributed by atoms with Crippen molar-refractivity contribution in [1.82, 2.24) is 0 Å². The third kappa shape index (κ3) is 2.72. The lowest BCUT2D eigenvalue weighted by Gasteiger charge is -2.21. The predicted octanol–water partition coefficient (Wildman–Crippen LogP) is 2.36. The molecule has 2 nitrogen and oxygen atoms in total. The average Bonchev–Trinajstić information content (AvgIpc) is 2.15. The Morgan fingerprint density at radius 3 is 2.93 bits per heavy atom. The van der Waals surface area contributed by atoms with Crippen molar-refractivity contribution in [1.29, 1.82) is 0 Å². The van der Waals surface area contributed by atoms with Crippen LogP contribution < -0.4 is 5.32 Å². The topological polar surface area (TPSA) is 32.3 Å². The minimum Gasteiger partial charge on any atom is -0.390 e. The maximum atomic E-state index is 9.75. The normalized spacial score (nSPS) is 15.7. The van der Waals surface area contributed by atoms with Gasteiger partial charge in [-0.3, -0.25) is 0 Å². The molecule has 15 heavy (non-hydrogen) atoms. The van der Waals surface area contributed by atoms with Crippen LogP contribution in [0.4, 0.5) is 5.69 Å². The molecule has 1 aliphatic heterocycles. The van der Waals surface area contributed by atoms with E-state index >= 15 is 0 Å². The van der Waals surface area contributed by atoms with E-state index in [4.69, 9.17) is 0 Å². The van der Waals surface area contributed by atoms with Crippen LogP contribution in [0.15, 0.2) is 18.2 Å². The third-order valence-corrected chi connectivity index (χ3v) is 2.75. The molecule has 0 fully saturated rings. The van der Waals surface area contributed by atoms with Crippen LogP contribution in [0.2, 0.25) is 0 Å². The van der Waals surface area contributed by atoms with Gasteiger partial charge in [0, 0.05) is 18.7 Å². The van der Waals surface area contributed by atoms with Crippen molar-refractivity contribution in [2.75, 3.05) is 11.9 Å². The summed E-state index contributed by atoms with van der Waals surface area (Å²) in [6.45, 7) is 4.76. The smallest absolute Gasteiger partial charge is 0.0631 e. The average molecular weight is 205 g/mol. The fraction of sp³-hybridized carbons (Fsp3) is 0.538. The quantitative estimate of drug-likeness (QED) is 0.777. The molecular formula is C13H19NO. The Hall–Kier alpha value is -1.02. The summed E-state index contributed by atoms with van der Waals surface area (Å²) >= 11 is 0. The molecule has 0 spiro atoms. The van der Waals surface area contributed by atoms with E-state index in [1.54, 1.807) is 0 Å². The summed E-state index contributed by atoms with van der Waals surface area (Å²) in [6.07, 6.45) is 3.10. The van der Waals surface area contributed by atoms with Crippen LogP contribution in [0.1, 0.15) is 31.4 Å². The zero-order valence-corrected chi connectivity index (χ0v) is 9.51. The summed E-state index contributed by atoms with van der Waals surface area (Å²) in [7, 11) is 0. The molecule has 0 unspecified atom stereocenters.